The first kappa shape index (κ1) is 36.1. The van der Waals surface area contributed by atoms with Crippen molar-refractivity contribution in [1.29, 1.82) is 0 Å². The summed E-state index contributed by atoms with van der Waals surface area (Å²) in [4.78, 5) is 30.1. The quantitative estimate of drug-likeness (QED) is 0.142. The Hall–Kier alpha value is -1.89. The number of nitrogens with zero attached hydrogens (tertiary/aromatic N) is 3. The Balaban J connectivity index is 2.77. The molecular formula is C33H62N3O4+. The number of carbonyl (C=O) groups is 2. The minimum atomic E-state index is -0.177. The van der Waals surface area contributed by atoms with Gasteiger partial charge in [0.05, 0.1) is 64.8 Å². The number of rotatable bonds is 18. The second-order valence-corrected chi connectivity index (χ2v) is 15.7. The molecule has 0 spiro atoms. The lowest BCUT2D eigenvalue weighted by Gasteiger charge is -2.36. The van der Waals surface area contributed by atoms with E-state index in [4.69, 9.17) is 9.47 Å². The molecule has 2 unspecified atom stereocenters. The molecule has 0 radical (unpaired) electrons. The lowest BCUT2D eigenvalue weighted by molar-refractivity contribution is -0.908. The minimum Gasteiger partial charge on any atom is -0.465 e. The molecular weight excluding hydrogens is 502 g/mol. The van der Waals surface area contributed by atoms with Crippen molar-refractivity contribution in [2.75, 3.05) is 39.9 Å². The molecule has 0 fully saturated rings. The zero-order chi connectivity index (χ0) is 30.8. The summed E-state index contributed by atoms with van der Waals surface area (Å²) in [7, 11) is 4.08. The van der Waals surface area contributed by atoms with E-state index in [1.54, 1.807) is 6.33 Å². The van der Waals surface area contributed by atoms with E-state index in [2.05, 4.69) is 81.3 Å². The minimum absolute atomic E-state index is 0.0309. The first-order valence-electron chi connectivity index (χ1n) is 15.3. The molecule has 0 aliphatic heterocycles. The molecule has 40 heavy (non-hydrogen) atoms. The van der Waals surface area contributed by atoms with Crippen molar-refractivity contribution in [3.05, 3.63) is 18.2 Å². The van der Waals surface area contributed by atoms with Gasteiger partial charge in [0.15, 0.2) is 0 Å². The van der Waals surface area contributed by atoms with Crippen LogP contribution in [0.4, 0.5) is 0 Å². The van der Waals surface area contributed by atoms with Gasteiger partial charge in [-0.3, -0.25) is 9.59 Å². The summed E-state index contributed by atoms with van der Waals surface area (Å²) in [6, 6.07) is 0. The van der Waals surface area contributed by atoms with Crippen molar-refractivity contribution in [1.82, 2.24) is 9.55 Å². The molecule has 7 heteroatoms. The predicted molar refractivity (Wildman–Crippen MR) is 164 cm³/mol. The van der Waals surface area contributed by atoms with Crippen molar-refractivity contribution in [3.63, 3.8) is 0 Å². The molecule has 0 aliphatic carbocycles. The van der Waals surface area contributed by atoms with E-state index in [0.29, 0.717) is 43.6 Å². The van der Waals surface area contributed by atoms with Crippen LogP contribution in [0, 0.1) is 21.7 Å². The zero-order valence-corrected chi connectivity index (χ0v) is 28.1. The van der Waals surface area contributed by atoms with Gasteiger partial charge >= 0.3 is 11.9 Å². The summed E-state index contributed by atoms with van der Waals surface area (Å²) < 4.78 is 14.1. The van der Waals surface area contributed by atoms with Gasteiger partial charge in [-0.05, 0) is 35.5 Å². The number of aromatic nitrogens is 2. The first-order chi connectivity index (χ1) is 18.2. The molecule has 1 aromatic rings. The number of hydrogen-bond acceptors (Lipinski definition) is 5. The standard InChI is InChI=1S/C33H62N3O4/c1-13-31(6,7)23-33(10,14-2)25-40-29(38)17-20-36(12,18-15-27-21-35(11)26-34-27)19-16-28(37)39-24-32(8,9)22-30(3,4)5/h21,26H,13-20,22-25H2,1-12H3/q+1. The van der Waals surface area contributed by atoms with E-state index < -0.39 is 0 Å². The van der Waals surface area contributed by atoms with Gasteiger partial charge in [-0.15, -0.1) is 0 Å². The highest BCUT2D eigenvalue weighted by Crippen LogP contribution is 2.38. The van der Waals surface area contributed by atoms with Crippen LogP contribution in [0.5, 0.6) is 0 Å². The van der Waals surface area contributed by atoms with E-state index in [-0.39, 0.29) is 33.6 Å². The Morgan fingerprint density at radius 3 is 1.82 bits per heavy atom. The van der Waals surface area contributed by atoms with E-state index >= 15 is 0 Å². The zero-order valence-electron chi connectivity index (χ0n) is 28.1. The molecule has 1 aromatic heterocycles. The molecule has 0 saturated carbocycles. The molecule has 2 atom stereocenters. The van der Waals surface area contributed by atoms with Gasteiger partial charge in [0.2, 0.25) is 0 Å². The van der Waals surface area contributed by atoms with Crippen LogP contribution < -0.4 is 0 Å². The third-order valence-corrected chi connectivity index (χ3v) is 8.31. The fourth-order valence-corrected chi connectivity index (χ4v) is 5.76. The summed E-state index contributed by atoms with van der Waals surface area (Å²) in [5.74, 6) is -0.341. The number of quaternary nitrogens is 1. The molecule has 7 nitrogen and oxygen atoms in total. The van der Waals surface area contributed by atoms with E-state index in [0.717, 1.165) is 44.3 Å². The summed E-state index contributed by atoms with van der Waals surface area (Å²) in [6.45, 7) is 25.0. The highest BCUT2D eigenvalue weighted by atomic mass is 16.5. The number of imidazole rings is 1. The van der Waals surface area contributed by atoms with Gasteiger partial charge in [0.1, 0.15) is 0 Å². The van der Waals surface area contributed by atoms with E-state index in [1.807, 2.05) is 17.8 Å². The second kappa shape index (κ2) is 14.8. The summed E-state index contributed by atoms with van der Waals surface area (Å²) >= 11 is 0. The van der Waals surface area contributed by atoms with Crippen molar-refractivity contribution >= 4 is 11.9 Å². The van der Waals surface area contributed by atoms with Crippen LogP contribution in [0.25, 0.3) is 0 Å². The van der Waals surface area contributed by atoms with Gasteiger partial charge in [-0.1, -0.05) is 75.7 Å². The average molecular weight is 565 g/mol. The van der Waals surface area contributed by atoms with Crippen molar-refractivity contribution < 1.29 is 23.5 Å². The molecule has 232 valence electrons. The lowest BCUT2D eigenvalue weighted by atomic mass is 9.72. The molecule has 1 heterocycles. The fraction of sp³-hybridized carbons (Fsp3) is 0.848. The average Bonchev–Trinajstić information content (AvgIpc) is 3.26. The first-order valence-corrected chi connectivity index (χ1v) is 15.3. The fourth-order valence-electron chi connectivity index (χ4n) is 5.76. The number of hydrogen-bond donors (Lipinski definition) is 0. The normalized spacial score (nSPS) is 15.8. The molecule has 0 aromatic carbocycles. The molecule has 0 amide bonds. The number of aryl methyl sites for hydroxylation is 1. The van der Waals surface area contributed by atoms with Crippen LogP contribution in [0.1, 0.15) is 113 Å². The Labute approximate surface area is 246 Å². The highest BCUT2D eigenvalue weighted by molar-refractivity contribution is 5.70. The van der Waals surface area contributed by atoms with Crippen LogP contribution in [-0.2, 0) is 32.5 Å². The maximum atomic E-state index is 12.9. The Bertz CT molecular complexity index is 930. The van der Waals surface area contributed by atoms with E-state index in [9.17, 15) is 9.59 Å². The number of esters is 2. The van der Waals surface area contributed by atoms with Gasteiger partial charge in [0, 0.05) is 25.1 Å². The predicted octanol–water partition coefficient (Wildman–Crippen LogP) is 6.98. The van der Waals surface area contributed by atoms with Gasteiger partial charge in [-0.2, -0.15) is 0 Å². The van der Waals surface area contributed by atoms with Gasteiger partial charge < -0.3 is 18.5 Å². The molecule has 0 N–H and O–H groups in total. The van der Waals surface area contributed by atoms with Crippen molar-refractivity contribution in [2.45, 2.75) is 114 Å². The number of likely N-dealkylation sites (N-methyl/N-ethyl adjacent to an activating group) is 1. The lowest BCUT2D eigenvalue weighted by Crippen LogP contribution is -2.48. The summed E-state index contributed by atoms with van der Waals surface area (Å²) in [5.41, 5.74) is 1.30. The SMILES string of the molecule is CCC(C)(C)CC(C)(CC)COC(=O)CC[N+](C)(CCC(=O)OCC(C)(C)CC(C)(C)C)CCc1cn(C)cn1. The van der Waals surface area contributed by atoms with Crippen LogP contribution in [0.15, 0.2) is 12.5 Å². The summed E-state index contributed by atoms with van der Waals surface area (Å²) in [6.07, 6.45) is 9.30. The third-order valence-electron chi connectivity index (χ3n) is 8.31. The van der Waals surface area contributed by atoms with Crippen LogP contribution in [-0.4, -0.2) is 65.9 Å². The van der Waals surface area contributed by atoms with Gasteiger partial charge in [0.25, 0.3) is 0 Å². The molecule has 0 saturated heterocycles. The Morgan fingerprint density at radius 1 is 0.825 bits per heavy atom. The van der Waals surface area contributed by atoms with Crippen LogP contribution in [0.2, 0.25) is 0 Å². The number of carbonyl (C=O) groups excluding carboxylic acids is 2. The van der Waals surface area contributed by atoms with Gasteiger partial charge in [-0.25, -0.2) is 4.98 Å². The van der Waals surface area contributed by atoms with Crippen LogP contribution >= 0.6 is 0 Å². The maximum Gasteiger partial charge on any atom is 0.311 e. The third kappa shape index (κ3) is 14.7. The Kier molecular flexibility index (Phi) is 13.4. The van der Waals surface area contributed by atoms with Crippen LogP contribution in [0.3, 0.4) is 0 Å². The summed E-state index contributed by atoms with van der Waals surface area (Å²) in [5, 5.41) is 0. The van der Waals surface area contributed by atoms with Crippen molar-refractivity contribution in [2.24, 2.45) is 28.7 Å². The topological polar surface area (TPSA) is 70.4 Å². The molecule has 0 bridgehead atoms. The molecule has 1 rings (SSSR count). The Morgan fingerprint density at radius 2 is 1.38 bits per heavy atom. The number of ether oxygens (including phenoxy) is 2. The second-order valence-electron chi connectivity index (χ2n) is 15.7. The highest BCUT2D eigenvalue weighted by Gasteiger charge is 2.32. The monoisotopic (exact) mass is 564 g/mol. The maximum absolute atomic E-state index is 12.9. The van der Waals surface area contributed by atoms with E-state index in [1.165, 1.54) is 0 Å². The van der Waals surface area contributed by atoms with Crippen molar-refractivity contribution in [3.8, 4) is 0 Å². The molecule has 0 aliphatic rings. The largest absolute Gasteiger partial charge is 0.465 e. The smallest absolute Gasteiger partial charge is 0.311 e.